The maximum absolute atomic E-state index is 13.9. The van der Waals surface area contributed by atoms with Crippen molar-refractivity contribution >= 4 is 40.7 Å². The molecule has 0 aromatic heterocycles. The first kappa shape index (κ1) is 25.5. The Morgan fingerprint density at radius 1 is 1.00 bits per heavy atom. The number of Topliss-reactive ketones (excluding diaryl/α,β-unsaturated/α-hetero) is 1. The number of fused-ring (bicyclic) bond motifs is 3. The average Bonchev–Trinajstić information content (AvgIpc) is 3.19. The Kier molecular flexibility index (Phi) is 6.36. The van der Waals surface area contributed by atoms with Crippen molar-refractivity contribution < 1.29 is 29.0 Å². The van der Waals surface area contributed by atoms with E-state index in [9.17, 15) is 24.3 Å². The van der Waals surface area contributed by atoms with Gasteiger partial charge in [-0.15, -0.1) is 0 Å². The number of hydrogen-bond donors (Lipinski definition) is 1. The van der Waals surface area contributed by atoms with E-state index >= 15 is 0 Å². The summed E-state index contributed by atoms with van der Waals surface area (Å²) in [6, 6.07) is 13.8. The number of carbonyl (C=O) groups is 4. The van der Waals surface area contributed by atoms with Gasteiger partial charge in [0, 0.05) is 33.2 Å². The zero-order valence-electron chi connectivity index (χ0n) is 21.2. The number of rotatable bonds is 5. The number of benzene rings is 2. The quantitative estimate of drug-likeness (QED) is 0.342. The molecule has 1 N–H and O–H groups in total. The molecule has 0 spiro atoms. The van der Waals surface area contributed by atoms with Gasteiger partial charge in [-0.2, -0.15) is 0 Å². The molecule has 0 saturated carbocycles. The smallest absolute Gasteiger partial charge is 0.238 e. The van der Waals surface area contributed by atoms with Crippen LogP contribution in [-0.4, -0.2) is 41.7 Å². The molecule has 1 saturated heterocycles. The van der Waals surface area contributed by atoms with Gasteiger partial charge >= 0.3 is 0 Å². The van der Waals surface area contributed by atoms with Gasteiger partial charge in [0.05, 0.1) is 24.1 Å². The number of anilines is 1. The van der Waals surface area contributed by atoms with Gasteiger partial charge in [-0.1, -0.05) is 41.4 Å². The Bertz CT molecular complexity index is 1520. The Balaban J connectivity index is 1.48. The first-order chi connectivity index (χ1) is 18.8. The van der Waals surface area contributed by atoms with Crippen molar-refractivity contribution in [3.8, 4) is 5.75 Å². The second-order valence-electron chi connectivity index (χ2n) is 10.3. The predicted octanol–water partition coefficient (Wildman–Crippen LogP) is 4.35. The molecule has 0 bridgehead atoms. The highest BCUT2D eigenvalue weighted by atomic mass is 35.5. The van der Waals surface area contributed by atoms with Gasteiger partial charge in [-0.25, -0.2) is 0 Å². The summed E-state index contributed by atoms with van der Waals surface area (Å²) in [5.41, 5.74) is 3.16. The standard InChI is InChI=1S/C31H26ClNO6/c1-16-14-24(35)28-23(29(16)36)15-22-19(26(28)20-4-2-3-5-25(20)39-13-12-34)10-11-21-27(22)31(38)33(30(21)37)18-8-6-17(32)7-9-18/h2-10,14,21-22,26-27,34H,11-13,15H2,1H3/t21-,22+,26+,27-/m0/s1. The first-order valence-corrected chi connectivity index (χ1v) is 13.4. The third kappa shape index (κ3) is 3.99. The molecular weight excluding hydrogens is 518 g/mol. The maximum atomic E-state index is 13.9. The third-order valence-electron chi connectivity index (χ3n) is 8.23. The summed E-state index contributed by atoms with van der Waals surface area (Å²) in [5, 5.41) is 9.87. The van der Waals surface area contributed by atoms with E-state index < -0.39 is 23.7 Å². The number of ketones is 2. The summed E-state index contributed by atoms with van der Waals surface area (Å²) in [6.07, 6.45) is 3.91. The Hall–Kier alpha value is -3.81. The van der Waals surface area contributed by atoms with Crippen LogP contribution in [0.1, 0.15) is 31.2 Å². The summed E-state index contributed by atoms with van der Waals surface area (Å²) >= 11 is 6.04. The second-order valence-corrected chi connectivity index (χ2v) is 10.8. The number of hydrogen-bond acceptors (Lipinski definition) is 6. The summed E-state index contributed by atoms with van der Waals surface area (Å²) in [6.45, 7) is 1.51. The molecule has 198 valence electrons. The second kappa shape index (κ2) is 9.74. The number of nitrogens with zero attached hydrogens (tertiary/aromatic N) is 1. The predicted molar refractivity (Wildman–Crippen MR) is 144 cm³/mol. The molecule has 0 unspecified atom stereocenters. The Labute approximate surface area is 230 Å². The van der Waals surface area contributed by atoms with Crippen molar-refractivity contribution in [3.05, 3.63) is 93.6 Å². The van der Waals surface area contributed by atoms with Crippen LogP contribution in [0.4, 0.5) is 5.69 Å². The molecular formula is C31H26ClNO6. The largest absolute Gasteiger partial charge is 0.491 e. The van der Waals surface area contributed by atoms with Crippen LogP contribution in [0.25, 0.3) is 0 Å². The number of aliphatic hydroxyl groups is 1. The van der Waals surface area contributed by atoms with E-state index in [0.717, 1.165) is 5.57 Å². The topological polar surface area (TPSA) is 101 Å². The SMILES string of the molecule is CC1=CC(=O)C2=C(C[C@@H]3C(=CC[C@@H]4C(=O)N(c5ccc(Cl)cc5)C(=O)[C@@H]43)[C@@H]2c2ccccc2OCCO)C1=O. The molecule has 2 aromatic carbocycles. The zero-order valence-corrected chi connectivity index (χ0v) is 22.0. The molecule has 3 aliphatic carbocycles. The van der Waals surface area contributed by atoms with E-state index in [4.69, 9.17) is 16.3 Å². The average molecular weight is 544 g/mol. The molecule has 4 aliphatic rings. The van der Waals surface area contributed by atoms with Crippen molar-refractivity contribution in [1.29, 1.82) is 0 Å². The van der Waals surface area contributed by atoms with Crippen LogP contribution in [-0.2, 0) is 19.2 Å². The fourth-order valence-electron chi connectivity index (χ4n) is 6.59. The molecule has 1 aliphatic heterocycles. The summed E-state index contributed by atoms with van der Waals surface area (Å²) in [7, 11) is 0. The number of amides is 2. The lowest BCUT2D eigenvalue weighted by molar-refractivity contribution is -0.123. The minimum atomic E-state index is -0.663. The van der Waals surface area contributed by atoms with E-state index in [-0.39, 0.29) is 43.0 Å². The molecule has 39 heavy (non-hydrogen) atoms. The molecule has 8 heteroatoms. The first-order valence-electron chi connectivity index (χ1n) is 13.0. The van der Waals surface area contributed by atoms with Crippen molar-refractivity contribution in [2.45, 2.75) is 25.7 Å². The van der Waals surface area contributed by atoms with Crippen LogP contribution >= 0.6 is 11.6 Å². The van der Waals surface area contributed by atoms with E-state index in [1.165, 1.54) is 11.0 Å². The molecule has 2 aromatic rings. The van der Waals surface area contributed by atoms with Crippen LogP contribution in [0.2, 0.25) is 5.02 Å². The number of allylic oxidation sites excluding steroid dienone is 6. The van der Waals surface area contributed by atoms with E-state index in [1.807, 2.05) is 18.2 Å². The third-order valence-corrected chi connectivity index (χ3v) is 8.48. The number of halogens is 1. The molecule has 7 nitrogen and oxygen atoms in total. The number of ether oxygens (including phenoxy) is 1. The van der Waals surface area contributed by atoms with Crippen molar-refractivity contribution in [2.75, 3.05) is 18.1 Å². The van der Waals surface area contributed by atoms with E-state index in [1.54, 1.807) is 43.3 Å². The summed E-state index contributed by atoms with van der Waals surface area (Å²) < 4.78 is 5.84. The highest BCUT2D eigenvalue weighted by Crippen LogP contribution is 2.56. The molecule has 1 heterocycles. The Morgan fingerprint density at radius 2 is 1.74 bits per heavy atom. The van der Waals surface area contributed by atoms with Crippen molar-refractivity contribution in [2.24, 2.45) is 17.8 Å². The number of aliphatic hydroxyl groups excluding tert-OH is 1. The maximum Gasteiger partial charge on any atom is 0.238 e. The van der Waals surface area contributed by atoms with Crippen LogP contribution in [0, 0.1) is 17.8 Å². The zero-order chi connectivity index (χ0) is 27.4. The molecule has 4 atom stereocenters. The molecule has 2 amide bonds. The monoisotopic (exact) mass is 543 g/mol. The van der Waals surface area contributed by atoms with Gasteiger partial charge in [0.2, 0.25) is 11.8 Å². The number of para-hydroxylation sites is 1. The lowest BCUT2D eigenvalue weighted by atomic mass is 9.59. The lowest BCUT2D eigenvalue weighted by Crippen LogP contribution is -2.40. The minimum absolute atomic E-state index is 0.0672. The highest BCUT2D eigenvalue weighted by molar-refractivity contribution is 6.31. The van der Waals surface area contributed by atoms with E-state index in [0.29, 0.717) is 45.2 Å². The van der Waals surface area contributed by atoms with Crippen LogP contribution in [0.3, 0.4) is 0 Å². The summed E-state index contributed by atoms with van der Waals surface area (Å²) in [4.78, 5) is 55.6. The fraction of sp³-hybridized carbons (Fsp3) is 0.290. The van der Waals surface area contributed by atoms with Gasteiger partial charge in [0.15, 0.2) is 11.6 Å². The number of carbonyl (C=O) groups excluding carboxylic acids is 4. The van der Waals surface area contributed by atoms with Gasteiger partial charge in [-0.3, -0.25) is 24.1 Å². The summed E-state index contributed by atoms with van der Waals surface area (Å²) in [5.74, 6) is -2.79. The van der Waals surface area contributed by atoms with Gasteiger partial charge in [0.1, 0.15) is 12.4 Å². The molecule has 1 fully saturated rings. The van der Waals surface area contributed by atoms with Gasteiger partial charge < -0.3 is 9.84 Å². The van der Waals surface area contributed by atoms with Crippen LogP contribution < -0.4 is 9.64 Å². The van der Waals surface area contributed by atoms with Crippen molar-refractivity contribution in [1.82, 2.24) is 0 Å². The Morgan fingerprint density at radius 3 is 2.49 bits per heavy atom. The fourth-order valence-corrected chi connectivity index (χ4v) is 6.71. The highest BCUT2D eigenvalue weighted by Gasteiger charge is 2.56. The lowest BCUT2D eigenvalue weighted by Gasteiger charge is -2.42. The van der Waals surface area contributed by atoms with Crippen LogP contribution in [0.15, 0.2) is 83.0 Å². The van der Waals surface area contributed by atoms with Crippen LogP contribution in [0.5, 0.6) is 5.75 Å². The molecule has 6 rings (SSSR count). The molecule has 0 radical (unpaired) electrons. The van der Waals surface area contributed by atoms with Gasteiger partial charge in [0.25, 0.3) is 0 Å². The number of imide groups is 1. The van der Waals surface area contributed by atoms with Crippen molar-refractivity contribution in [3.63, 3.8) is 0 Å². The minimum Gasteiger partial charge on any atom is -0.491 e. The normalized spacial score (nSPS) is 26.2. The van der Waals surface area contributed by atoms with Gasteiger partial charge in [-0.05, 0) is 62.1 Å². The van der Waals surface area contributed by atoms with E-state index in [2.05, 4.69) is 0 Å².